The molecule has 80 valence electrons. The molecule has 0 saturated carbocycles. The fraction of sp³-hybridized carbons (Fsp3) is 0.615. The van der Waals surface area contributed by atoms with E-state index in [1.807, 2.05) is 26.3 Å². The van der Waals surface area contributed by atoms with E-state index in [1.165, 1.54) is 5.57 Å². The van der Waals surface area contributed by atoms with E-state index >= 15 is 0 Å². The van der Waals surface area contributed by atoms with Crippen LogP contribution in [-0.2, 0) is 0 Å². The Bertz CT molecular complexity index is 246. The van der Waals surface area contributed by atoms with Crippen molar-refractivity contribution in [2.24, 2.45) is 16.3 Å². The molecule has 0 fully saturated rings. The van der Waals surface area contributed by atoms with Crippen molar-refractivity contribution in [3.8, 4) is 0 Å². The van der Waals surface area contributed by atoms with Gasteiger partial charge in [0, 0.05) is 17.8 Å². The van der Waals surface area contributed by atoms with Crippen LogP contribution in [-0.4, -0.2) is 6.21 Å². The van der Waals surface area contributed by atoms with E-state index in [1.54, 1.807) is 0 Å². The molecule has 0 aromatic heterocycles. The van der Waals surface area contributed by atoms with Gasteiger partial charge in [-0.15, -0.1) is 0 Å². The van der Waals surface area contributed by atoms with Crippen molar-refractivity contribution in [3.63, 3.8) is 0 Å². The lowest BCUT2D eigenvalue weighted by molar-refractivity contribution is 0.424. The molecule has 0 spiro atoms. The summed E-state index contributed by atoms with van der Waals surface area (Å²) in [7, 11) is 0. The van der Waals surface area contributed by atoms with Crippen molar-refractivity contribution in [1.82, 2.24) is 0 Å². The van der Waals surface area contributed by atoms with Gasteiger partial charge in [0.1, 0.15) is 0 Å². The fourth-order valence-corrected chi connectivity index (χ4v) is 1.05. The van der Waals surface area contributed by atoms with Crippen LogP contribution >= 0.6 is 0 Å². The van der Waals surface area contributed by atoms with Gasteiger partial charge in [0.25, 0.3) is 0 Å². The zero-order valence-electron chi connectivity index (χ0n) is 10.3. The van der Waals surface area contributed by atoms with Gasteiger partial charge >= 0.3 is 0 Å². The van der Waals surface area contributed by atoms with Gasteiger partial charge in [-0.2, -0.15) is 0 Å². The first-order valence-corrected chi connectivity index (χ1v) is 5.45. The Hall–Kier alpha value is -0.850. The first-order valence-electron chi connectivity index (χ1n) is 5.45. The molecule has 0 radical (unpaired) electrons. The lowest BCUT2D eigenvalue weighted by Gasteiger charge is -2.24. The van der Waals surface area contributed by atoms with Crippen LogP contribution in [0.3, 0.4) is 0 Å². The molecule has 1 aliphatic heterocycles. The Morgan fingerprint density at radius 3 is 2.36 bits per heavy atom. The molecule has 0 bridgehead atoms. The molecular weight excluding hydrogens is 170 g/mol. The molecule has 1 heterocycles. The van der Waals surface area contributed by atoms with Gasteiger partial charge < -0.3 is 0 Å². The predicted octanol–water partition coefficient (Wildman–Crippen LogP) is 4.22. The summed E-state index contributed by atoms with van der Waals surface area (Å²) < 4.78 is 0. The van der Waals surface area contributed by atoms with Crippen molar-refractivity contribution in [3.05, 3.63) is 23.9 Å². The van der Waals surface area contributed by atoms with Crippen LogP contribution in [0.15, 0.2) is 28.9 Å². The van der Waals surface area contributed by atoms with E-state index in [2.05, 4.69) is 44.8 Å². The molecule has 0 aromatic rings. The van der Waals surface area contributed by atoms with Gasteiger partial charge in [0.05, 0.1) is 0 Å². The molecule has 0 aliphatic carbocycles. The molecule has 1 rings (SSSR count). The first kappa shape index (κ1) is 13.2. The Balaban J connectivity index is 0.000000791. The summed E-state index contributed by atoms with van der Waals surface area (Å²) in [6.07, 6.45) is 8.32. The first-order chi connectivity index (χ1) is 6.54. The molecule has 1 atom stereocenters. The Labute approximate surface area is 88.6 Å². The minimum absolute atomic E-state index is 0.119. The molecule has 0 amide bonds. The van der Waals surface area contributed by atoms with Crippen LogP contribution in [0.5, 0.6) is 0 Å². The highest BCUT2D eigenvalue weighted by atomic mass is 14.7. The van der Waals surface area contributed by atoms with Crippen LogP contribution in [0.2, 0.25) is 0 Å². The van der Waals surface area contributed by atoms with Crippen LogP contribution < -0.4 is 0 Å². The predicted molar refractivity (Wildman–Crippen MR) is 65.7 cm³/mol. The zero-order chi connectivity index (χ0) is 11.2. The summed E-state index contributed by atoms with van der Waals surface area (Å²) in [6.45, 7) is 12.7. The number of hydrogen-bond donors (Lipinski definition) is 0. The summed E-state index contributed by atoms with van der Waals surface area (Å²) >= 11 is 0. The second-order valence-corrected chi connectivity index (χ2v) is 4.01. The average Bonchev–Trinajstić information content (AvgIpc) is 2.33. The average molecular weight is 193 g/mol. The summed E-state index contributed by atoms with van der Waals surface area (Å²) in [6, 6.07) is 0. The highest BCUT2D eigenvalue weighted by molar-refractivity contribution is 5.70. The molecule has 0 N–H and O–H groups in total. The summed E-state index contributed by atoms with van der Waals surface area (Å²) in [5, 5.41) is 0. The Morgan fingerprint density at radius 2 is 1.86 bits per heavy atom. The number of allylic oxidation sites excluding steroid dienone is 3. The lowest BCUT2D eigenvalue weighted by Crippen LogP contribution is -2.21. The van der Waals surface area contributed by atoms with Crippen molar-refractivity contribution >= 4 is 6.21 Å². The van der Waals surface area contributed by atoms with E-state index in [0.717, 1.165) is 0 Å². The van der Waals surface area contributed by atoms with Gasteiger partial charge in [0.2, 0.25) is 0 Å². The van der Waals surface area contributed by atoms with Crippen molar-refractivity contribution in [2.75, 3.05) is 0 Å². The SMILES string of the molecule is CC.CC1=CN=CC(C)(C(C)C)C=C1. The van der Waals surface area contributed by atoms with E-state index in [9.17, 15) is 0 Å². The van der Waals surface area contributed by atoms with Crippen LogP contribution in [0.1, 0.15) is 41.5 Å². The highest BCUT2D eigenvalue weighted by Crippen LogP contribution is 2.28. The maximum atomic E-state index is 4.28. The number of rotatable bonds is 1. The molecule has 0 saturated heterocycles. The maximum absolute atomic E-state index is 4.28. The molecule has 1 nitrogen and oxygen atoms in total. The third-order valence-electron chi connectivity index (χ3n) is 2.58. The summed E-state index contributed by atoms with van der Waals surface area (Å²) in [4.78, 5) is 4.28. The number of hydrogen-bond acceptors (Lipinski definition) is 1. The fourth-order valence-electron chi connectivity index (χ4n) is 1.05. The second-order valence-electron chi connectivity index (χ2n) is 4.01. The van der Waals surface area contributed by atoms with Crippen LogP contribution in [0.25, 0.3) is 0 Å². The number of nitrogens with zero attached hydrogens (tertiary/aromatic N) is 1. The molecular formula is C13H23N. The number of aliphatic imine (C=N–C) groups is 1. The minimum atomic E-state index is 0.119. The smallest absolute Gasteiger partial charge is 0.0293 e. The van der Waals surface area contributed by atoms with Gasteiger partial charge in [-0.25, -0.2) is 0 Å². The molecule has 0 aromatic carbocycles. The summed E-state index contributed by atoms with van der Waals surface area (Å²) in [5.41, 5.74) is 1.34. The largest absolute Gasteiger partial charge is 0.268 e. The third-order valence-corrected chi connectivity index (χ3v) is 2.58. The van der Waals surface area contributed by atoms with Gasteiger partial charge in [-0.3, -0.25) is 4.99 Å². The second kappa shape index (κ2) is 5.79. The Morgan fingerprint density at radius 1 is 1.29 bits per heavy atom. The van der Waals surface area contributed by atoms with Crippen molar-refractivity contribution < 1.29 is 0 Å². The standard InChI is InChI=1S/C11H17N.C2H6/c1-9(2)11(4)6-5-10(3)7-12-8-11;1-2/h5-9H,1-4H3;1-2H3. The third kappa shape index (κ3) is 3.49. The molecule has 14 heavy (non-hydrogen) atoms. The highest BCUT2D eigenvalue weighted by Gasteiger charge is 2.23. The topological polar surface area (TPSA) is 12.4 Å². The summed E-state index contributed by atoms with van der Waals surface area (Å²) in [5.74, 6) is 0.594. The minimum Gasteiger partial charge on any atom is -0.268 e. The molecule has 1 unspecified atom stereocenters. The van der Waals surface area contributed by atoms with E-state index < -0.39 is 0 Å². The van der Waals surface area contributed by atoms with E-state index in [0.29, 0.717) is 5.92 Å². The van der Waals surface area contributed by atoms with Gasteiger partial charge in [-0.05, 0) is 18.4 Å². The quantitative estimate of drug-likeness (QED) is 0.591. The van der Waals surface area contributed by atoms with E-state index in [4.69, 9.17) is 0 Å². The van der Waals surface area contributed by atoms with Gasteiger partial charge in [0.15, 0.2) is 0 Å². The van der Waals surface area contributed by atoms with Crippen LogP contribution in [0, 0.1) is 11.3 Å². The zero-order valence-corrected chi connectivity index (χ0v) is 10.3. The van der Waals surface area contributed by atoms with Gasteiger partial charge in [-0.1, -0.05) is 46.8 Å². The van der Waals surface area contributed by atoms with Crippen LogP contribution in [0.4, 0.5) is 0 Å². The maximum Gasteiger partial charge on any atom is 0.0293 e. The lowest BCUT2D eigenvalue weighted by atomic mass is 9.80. The normalized spacial score (nSPS) is 25.2. The monoisotopic (exact) mass is 193 g/mol. The van der Waals surface area contributed by atoms with E-state index in [-0.39, 0.29) is 5.41 Å². The Kier molecular flexibility index (Phi) is 5.44. The molecule has 1 aliphatic rings. The molecule has 1 heteroatoms. The van der Waals surface area contributed by atoms with Crippen molar-refractivity contribution in [1.29, 1.82) is 0 Å². The van der Waals surface area contributed by atoms with Crippen molar-refractivity contribution in [2.45, 2.75) is 41.5 Å².